The van der Waals surface area contributed by atoms with Crippen LogP contribution in [-0.4, -0.2) is 18.9 Å². The number of nitrogens with zero attached hydrogens (tertiary/aromatic N) is 1. The third-order valence-electron chi connectivity index (χ3n) is 2.93. The third kappa shape index (κ3) is 2.33. The van der Waals surface area contributed by atoms with Gasteiger partial charge in [0.25, 0.3) is 0 Å². The van der Waals surface area contributed by atoms with Gasteiger partial charge in [0.15, 0.2) is 0 Å². The Hall–Kier alpha value is -0.350. The molecule has 1 aliphatic heterocycles. The topological polar surface area (TPSA) is 20.3 Å². The molecule has 4 heteroatoms. The predicted molar refractivity (Wildman–Crippen MR) is 72.8 cm³/mol. The predicted octanol–water partition coefficient (Wildman–Crippen LogP) is 3.63. The van der Waals surface area contributed by atoms with Crippen molar-refractivity contribution in [1.29, 1.82) is 0 Å². The molecule has 1 aromatic rings. The second-order valence-corrected chi connectivity index (χ2v) is 5.84. The molecule has 1 saturated heterocycles. The molecular formula is C12H13Br2NO. The maximum atomic E-state index is 11.5. The van der Waals surface area contributed by atoms with Gasteiger partial charge in [0.2, 0.25) is 0 Å². The maximum absolute atomic E-state index is 11.5. The highest BCUT2D eigenvalue weighted by Gasteiger charge is 2.25. The highest BCUT2D eigenvalue weighted by Crippen LogP contribution is 2.35. The van der Waals surface area contributed by atoms with Crippen molar-refractivity contribution in [3.05, 3.63) is 27.1 Å². The van der Waals surface area contributed by atoms with E-state index in [0.29, 0.717) is 12.2 Å². The minimum Gasteiger partial charge on any atom is -0.369 e. The van der Waals surface area contributed by atoms with Crippen LogP contribution in [0.1, 0.15) is 13.3 Å². The van der Waals surface area contributed by atoms with E-state index in [4.69, 9.17) is 0 Å². The van der Waals surface area contributed by atoms with Gasteiger partial charge >= 0.3 is 0 Å². The van der Waals surface area contributed by atoms with Crippen LogP contribution >= 0.6 is 31.9 Å². The number of carbonyl (C=O) groups excluding carboxylic acids is 1. The summed E-state index contributed by atoms with van der Waals surface area (Å²) >= 11 is 7.12. The highest BCUT2D eigenvalue weighted by atomic mass is 79.9. The van der Waals surface area contributed by atoms with E-state index in [-0.39, 0.29) is 5.92 Å². The zero-order valence-electron chi connectivity index (χ0n) is 9.04. The van der Waals surface area contributed by atoms with Crippen LogP contribution in [0.4, 0.5) is 5.69 Å². The molecule has 0 amide bonds. The molecule has 0 spiro atoms. The van der Waals surface area contributed by atoms with Crippen molar-refractivity contribution >= 4 is 43.3 Å². The Morgan fingerprint density at radius 1 is 1.31 bits per heavy atom. The van der Waals surface area contributed by atoms with Crippen molar-refractivity contribution in [1.82, 2.24) is 0 Å². The first-order valence-electron chi connectivity index (χ1n) is 5.31. The second-order valence-electron chi connectivity index (χ2n) is 4.13. The van der Waals surface area contributed by atoms with Gasteiger partial charge in [-0.05, 0) is 44.0 Å². The summed E-state index contributed by atoms with van der Waals surface area (Å²) in [6.45, 7) is 3.61. The largest absolute Gasteiger partial charge is 0.369 e. The summed E-state index contributed by atoms with van der Waals surface area (Å²) in [4.78, 5) is 13.8. The number of hydrogen-bond donors (Lipinski definition) is 0. The van der Waals surface area contributed by atoms with Crippen molar-refractivity contribution in [2.24, 2.45) is 5.92 Å². The summed E-state index contributed by atoms with van der Waals surface area (Å²) in [5.41, 5.74) is 1.15. The minimum absolute atomic E-state index is 0.132. The molecule has 1 atom stereocenters. The number of halogens is 2. The van der Waals surface area contributed by atoms with Crippen molar-refractivity contribution in [3.63, 3.8) is 0 Å². The Labute approximate surface area is 112 Å². The van der Waals surface area contributed by atoms with Gasteiger partial charge in [0, 0.05) is 34.4 Å². The molecular weight excluding hydrogens is 334 g/mol. The van der Waals surface area contributed by atoms with Crippen molar-refractivity contribution < 1.29 is 4.79 Å². The first kappa shape index (κ1) is 12.1. The fraction of sp³-hybridized carbons (Fsp3) is 0.417. The number of ketones is 1. The molecule has 0 radical (unpaired) electrons. The Balaban J connectivity index is 2.28. The summed E-state index contributed by atoms with van der Waals surface area (Å²) in [6, 6.07) is 6.05. The van der Waals surface area contributed by atoms with Crippen molar-refractivity contribution in [2.75, 3.05) is 18.0 Å². The molecule has 1 fully saturated rings. The Morgan fingerprint density at radius 2 is 1.94 bits per heavy atom. The van der Waals surface area contributed by atoms with Crippen LogP contribution in [0.15, 0.2) is 27.1 Å². The Morgan fingerprint density at radius 3 is 2.50 bits per heavy atom. The molecule has 16 heavy (non-hydrogen) atoms. The minimum atomic E-state index is 0.132. The molecule has 0 aromatic heterocycles. The highest BCUT2D eigenvalue weighted by molar-refractivity contribution is 9.11. The Kier molecular flexibility index (Phi) is 3.70. The van der Waals surface area contributed by atoms with Gasteiger partial charge < -0.3 is 4.90 Å². The lowest BCUT2D eigenvalue weighted by atomic mass is 9.98. The van der Waals surface area contributed by atoms with Gasteiger partial charge in [-0.25, -0.2) is 0 Å². The second kappa shape index (κ2) is 4.88. The van der Waals surface area contributed by atoms with E-state index in [1.165, 1.54) is 0 Å². The van der Waals surface area contributed by atoms with Crippen LogP contribution in [0.25, 0.3) is 0 Å². The summed E-state index contributed by atoms with van der Waals surface area (Å²) in [5, 5.41) is 0. The SMILES string of the molecule is CC1CN(c2c(Br)cccc2Br)CCC1=O. The molecule has 2 nitrogen and oxygen atoms in total. The summed E-state index contributed by atoms with van der Waals surface area (Å²) in [5.74, 6) is 0.507. The van der Waals surface area contributed by atoms with Gasteiger partial charge in [-0.3, -0.25) is 4.79 Å². The summed E-state index contributed by atoms with van der Waals surface area (Å²) < 4.78 is 2.15. The third-order valence-corrected chi connectivity index (χ3v) is 4.21. The van der Waals surface area contributed by atoms with Crippen molar-refractivity contribution in [2.45, 2.75) is 13.3 Å². The molecule has 0 saturated carbocycles. The molecule has 0 aliphatic carbocycles. The van der Waals surface area contributed by atoms with Gasteiger partial charge in [0.05, 0.1) is 5.69 Å². The lowest BCUT2D eigenvalue weighted by Crippen LogP contribution is -2.39. The lowest BCUT2D eigenvalue weighted by Gasteiger charge is -2.33. The molecule has 2 rings (SSSR count). The Bertz CT molecular complexity index is 399. The molecule has 1 aliphatic rings. The number of anilines is 1. The maximum Gasteiger partial charge on any atom is 0.139 e. The van der Waals surface area contributed by atoms with Gasteiger partial charge in [0.1, 0.15) is 5.78 Å². The number of piperidine rings is 1. The molecule has 86 valence electrons. The zero-order valence-corrected chi connectivity index (χ0v) is 12.2. The fourth-order valence-electron chi connectivity index (χ4n) is 2.01. The number of hydrogen-bond acceptors (Lipinski definition) is 2. The van der Waals surface area contributed by atoms with Crippen LogP contribution in [0, 0.1) is 5.92 Å². The normalized spacial score (nSPS) is 21.3. The van der Waals surface area contributed by atoms with E-state index in [1.807, 2.05) is 25.1 Å². The monoisotopic (exact) mass is 345 g/mol. The average molecular weight is 347 g/mol. The van der Waals surface area contributed by atoms with E-state index < -0.39 is 0 Å². The smallest absolute Gasteiger partial charge is 0.139 e. The number of para-hydroxylation sites is 1. The van der Waals surface area contributed by atoms with Crippen LogP contribution in [-0.2, 0) is 4.79 Å². The summed E-state index contributed by atoms with van der Waals surface area (Å²) in [7, 11) is 0. The molecule has 1 aromatic carbocycles. The lowest BCUT2D eigenvalue weighted by molar-refractivity contribution is -0.122. The van der Waals surface area contributed by atoms with Gasteiger partial charge in [-0.15, -0.1) is 0 Å². The van der Waals surface area contributed by atoms with Gasteiger partial charge in [-0.2, -0.15) is 0 Å². The van der Waals surface area contributed by atoms with Crippen molar-refractivity contribution in [3.8, 4) is 0 Å². The zero-order chi connectivity index (χ0) is 11.7. The van der Waals surface area contributed by atoms with E-state index in [1.54, 1.807) is 0 Å². The molecule has 1 heterocycles. The first-order chi connectivity index (χ1) is 7.59. The number of Topliss-reactive ketones (excluding diaryl/α,β-unsaturated/α-hetero) is 1. The van der Waals surface area contributed by atoms with Crippen LogP contribution < -0.4 is 4.90 Å². The number of benzene rings is 1. The average Bonchev–Trinajstić information content (AvgIpc) is 2.23. The van der Waals surface area contributed by atoms with Gasteiger partial charge in [-0.1, -0.05) is 13.0 Å². The quantitative estimate of drug-likeness (QED) is 0.773. The number of rotatable bonds is 1. The van der Waals surface area contributed by atoms with E-state index in [2.05, 4.69) is 36.8 Å². The molecule has 0 bridgehead atoms. The molecule has 1 unspecified atom stereocenters. The molecule has 0 N–H and O–H groups in total. The van der Waals surface area contributed by atoms with E-state index >= 15 is 0 Å². The fourth-order valence-corrected chi connectivity index (χ4v) is 3.51. The van der Waals surface area contributed by atoms with E-state index in [0.717, 1.165) is 27.7 Å². The number of carbonyl (C=O) groups is 1. The van der Waals surface area contributed by atoms with Crippen LogP contribution in [0.5, 0.6) is 0 Å². The van der Waals surface area contributed by atoms with Crippen LogP contribution in [0.3, 0.4) is 0 Å². The first-order valence-corrected chi connectivity index (χ1v) is 6.90. The van der Waals surface area contributed by atoms with Crippen LogP contribution in [0.2, 0.25) is 0 Å². The van der Waals surface area contributed by atoms with E-state index in [9.17, 15) is 4.79 Å². The summed E-state index contributed by atoms with van der Waals surface area (Å²) in [6.07, 6.45) is 0.648. The standard InChI is InChI=1S/C12H13Br2NO/c1-8-7-15(6-5-11(8)16)12-9(13)3-2-4-10(12)14/h2-4,8H,5-7H2,1H3.